The number of nitro benzene ring substituents is 1. The largest absolute Gasteiger partial charge is 0.331 e. The zero-order valence-electron chi connectivity index (χ0n) is 13.3. The summed E-state index contributed by atoms with van der Waals surface area (Å²) < 4.78 is 23.6. The van der Waals surface area contributed by atoms with E-state index in [1.165, 1.54) is 6.07 Å². The molecule has 2 aliphatic heterocycles. The van der Waals surface area contributed by atoms with E-state index in [0.717, 1.165) is 44.2 Å². The highest BCUT2D eigenvalue weighted by molar-refractivity contribution is 7.90. The topological polar surface area (TPSA) is 110 Å². The monoisotopic (exact) mass is 353 g/mol. The molecule has 2 aliphatic rings. The van der Waals surface area contributed by atoms with Gasteiger partial charge in [0.15, 0.2) is 9.84 Å². The Balaban J connectivity index is 2.03. The van der Waals surface area contributed by atoms with Crippen LogP contribution in [0.4, 0.5) is 5.69 Å². The SMILES string of the molecule is CS(=O)(=O)c1cc(C(=O)N2C3CCNCC2CC3)cc([N+](=O)[O-])c1. The highest BCUT2D eigenvalue weighted by Crippen LogP contribution is 2.31. The number of hydrogen-bond acceptors (Lipinski definition) is 6. The molecule has 130 valence electrons. The number of hydrogen-bond donors (Lipinski definition) is 1. The fourth-order valence-corrected chi connectivity index (χ4v) is 4.17. The second kappa shape index (κ2) is 6.14. The minimum Gasteiger partial charge on any atom is -0.331 e. The van der Waals surface area contributed by atoms with E-state index in [1.54, 1.807) is 4.90 Å². The van der Waals surface area contributed by atoms with Gasteiger partial charge in [0.05, 0.1) is 9.82 Å². The van der Waals surface area contributed by atoms with E-state index >= 15 is 0 Å². The lowest BCUT2D eigenvalue weighted by Crippen LogP contribution is -2.42. The van der Waals surface area contributed by atoms with Crippen LogP contribution in [0.1, 0.15) is 29.6 Å². The van der Waals surface area contributed by atoms with E-state index in [2.05, 4.69) is 5.32 Å². The number of nitrogens with one attached hydrogen (secondary N) is 1. The van der Waals surface area contributed by atoms with Gasteiger partial charge in [-0.1, -0.05) is 0 Å². The molecule has 2 fully saturated rings. The van der Waals surface area contributed by atoms with Crippen LogP contribution in [-0.4, -0.2) is 55.6 Å². The Hall–Kier alpha value is -2.00. The summed E-state index contributed by atoms with van der Waals surface area (Å²) in [6.45, 7) is 1.52. The van der Waals surface area contributed by atoms with E-state index < -0.39 is 14.8 Å². The standard InChI is InChI=1S/C15H19N3O5S/c1-24(22,23)14-7-10(6-13(8-14)18(20)21)15(19)17-11-2-3-12(17)9-16-5-4-11/h6-8,11-12,16H,2-5,9H2,1H3. The molecule has 2 saturated heterocycles. The Bertz CT molecular complexity index is 778. The fraction of sp³-hybridized carbons (Fsp3) is 0.533. The summed E-state index contributed by atoms with van der Waals surface area (Å²) in [5.74, 6) is -0.334. The van der Waals surface area contributed by atoms with Gasteiger partial charge in [0, 0.05) is 42.6 Å². The molecule has 2 atom stereocenters. The quantitative estimate of drug-likeness (QED) is 0.640. The van der Waals surface area contributed by atoms with Gasteiger partial charge < -0.3 is 10.2 Å². The average Bonchev–Trinajstić information content (AvgIpc) is 2.78. The van der Waals surface area contributed by atoms with Gasteiger partial charge in [-0.15, -0.1) is 0 Å². The number of nitro groups is 1. The second-order valence-electron chi connectivity index (χ2n) is 6.34. The molecule has 2 heterocycles. The molecule has 1 N–H and O–H groups in total. The molecular formula is C15H19N3O5S. The molecule has 2 unspecified atom stereocenters. The molecule has 1 aromatic rings. The summed E-state index contributed by atoms with van der Waals surface area (Å²) in [5.41, 5.74) is -0.329. The molecule has 9 heteroatoms. The Kier molecular flexibility index (Phi) is 4.31. The molecule has 8 nitrogen and oxygen atoms in total. The minimum atomic E-state index is -3.65. The Morgan fingerprint density at radius 3 is 2.62 bits per heavy atom. The third kappa shape index (κ3) is 3.13. The lowest BCUT2D eigenvalue weighted by atomic mass is 10.1. The normalized spacial score (nSPS) is 23.8. The summed E-state index contributed by atoms with van der Waals surface area (Å²) in [5, 5.41) is 14.4. The first-order valence-electron chi connectivity index (χ1n) is 7.80. The van der Waals surface area contributed by atoms with Gasteiger partial charge in [0.2, 0.25) is 0 Å². The van der Waals surface area contributed by atoms with E-state index in [9.17, 15) is 23.3 Å². The van der Waals surface area contributed by atoms with Crippen molar-refractivity contribution in [3.63, 3.8) is 0 Å². The van der Waals surface area contributed by atoms with Crippen molar-refractivity contribution in [3.05, 3.63) is 33.9 Å². The summed E-state index contributed by atoms with van der Waals surface area (Å²) in [6.07, 6.45) is 3.60. The van der Waals surface area contributed by atoms with Crippen LogP contribution in [0.15, 0.2) is 23.1 Å². The molecule has 1 amide bonds. The van der Waals surface area contributed by atoms with Gasteiger partial charge in [0.1, 0.15) is 0 Å². The van der Waals surface area contributed by atoms with E-state index in [-0.39, 0.29) is 34.1 Å². The number of carbonyl (C=O) groups excluding carboxylic acids is 1. The first kappa shape index (κ1) is 16.8. The van der Waals surface area contributed by atoms with Crippen molar-refractivity contribution in [1.82, 2.24) is 10.2 Å². The van der Waals surface area contributed by atoms with Crippen molar-refractivity contribution in [2.45, 2.75) is 36.2 Å². The van der Waals surface area contributed by atoms with Crippen LogP contribution in [0, 0.1) is 10.1 Å². The second-order valence-corrected chi connectivity index (χ2v) is 8.35. The van der Waals surface area contributed by atoms with Gasteiger partial charge in [-0.2, -0.15) is 0 Å². The van der Waals surface area contributed by atoms with Crippen LogP contribution in [0.2, 0.25) is 0 Å². The Morgan fingerprint density at radius 1 is 1.25 bits per heavy atom. The number of non-ortho nitro benzene ring substituents is 1. The summed E-state index contributed by atoms with van der Waals surface area (Å²) in [7, 11) is -3.65. The van der Waals surface area contributed by atoms with Gasteiger partial charge >= 0.3 is 0 Å². The highest BCUT2D eigenvalue weighted by atomic mass is 32.2. The third-order valence-corrected chi connectivity index (χ3v) is 5.76. The number of benzene rings is 1. The summed E-state index contributed by atoms with van der Waals surface area (Å²) >= 11 is 0. The number of sulfone groups is 1. The minimum absolute atomic E-state index is 0.0472. The first-order chi connectivity index (χ1) is 11.3. The zero-order chi connectivity index (χ0) is 17.5. The van der Waals surface area contributed by atoms with Gasteiger partial charge in [-0.25, -0.2) is 8.42 Å². The van der Waals surface area contributed by atoms with Crippen LogP contribution >= 0.6 is 0 Å². The molecule has 0 saturated carbocycles. The predicted molar refractivity (Wildman–Crippen MR) is 86.7 cm³/mol. The summed E-state index contributed by atoms with van der Waals surface area (Å²) in [6, 6.07) is 3.53. The Morgan fingerprint density at radius 2 is 1.96 bits per heavy atom. The first-order valence-corrected chi connectivity index (χ1v) is 9.69. The van der Waals surface area contributed by atoms with Crippen molar-refractivity contribution in [2.75, 3.05) is 19.3 Å². The average molecular weight is 353 g/mol. The van der Waals surface area contributed by atoms with Gasteiger partial charge in [-0.3, -0.25) is 14.9 Å². The summed E-state index contributed by atoms with van der Waals surface area (Å²) in [4.78, 5) is 24.9. The number of carbonyl (C=O) groups is 1. The van der Waals surface area contributed by atoms with Crippen LogP contribution in [0.3, 0.4) is 0 Å². The maximum Gasteiger partial charge on any atom is 0.271 e. The Labute approximate surface area is 139 Å². The number of rotatable bonds is 3. The molecule has 1 aromatic carbocycles. The van der Waals surface area contributed by atoms with Gasteiger partial charge in [-0.05, 0) is 31.9 Å². The predicted octanol–water partition coefficient (Wildman–Crippen LogP) is 0.965. The number of fused-ring (bicyclic) bond motifs is 2. The van der Waals surface area contributed by atoms with E-state index in [1.807, 2.05) is 0 Å². The highest BCUT2D eigenvalue weighted by Gasteiger charge is 2.38. The van der Waals surface area contributed by atoms with Crippen molar-refractivity contribution in [1.29, 1.82) is 0 Å². The van der Waals surface area contributed by atoms with Crippen LogP contribution in [0.25, 0.3) is 0 Å². The molecular weight excluding hydrogens is 334 g/mol. The lowest BCUT2D eigenvalue weighted by Gasteiger charge is -2.28. The number of nitrogens with zero attached hydrogens (tertiary/aromatic N) is 2. The molecule has 3 rings (SSSR count). The molecule has 0 radical (unpaired) electrons. The molecule has 24 heavy (non-hydrogen) atoms. The van der Waals surface area contributed by atoms with Gasteiger partial charge in [0.25, 0.3) is 11.6 Å². The van der Waals surface area contributed by atoms with Crippen LogP contribution in [0.5, 0.6) is 0 Å². The molecule has 2 bridgehead atoms. The maximum atomic E-state index is 12.9. The van der Waals surface area contributed by atoms with Crippen molar-refractivity contribution < 1.29 is 18.1 Å². The molecule has 0 aromatic heterocycles. The van der Waals surface area contributed by atoms with E-state index in [0.29, 0.717) is 6.54 Å². The lowest BCUT2D eigenvalue weighted by molar-refractivity contribution is -0.385. The maximum absolute atomic E-state index is 12.9. The number of amides is 1. The van der Waals surface area contributed by atoms with E-state index in [4.69, 9.17) is 0 Å². The van der Waals surface area contributed by atoms with Crippen LogP contribution in [-0.2, 0) is 9.84 Å². The van der Waals surface area contributed by atoms with Crippen molar-refractivity contribution >= 4 is 21.4 Å². The smallest absolute Gasteiger partial charge is 0.271 e. The third-order valence-electron chi connectivity index (χ3n) is 4.67. The van der Waals surface area contributed by atoms with Crippen LogP contribution < -0.4 is 5.32 Å². The molecule has 0 aliphatic carbocycles. The van der Waals surface area contributed by atoms with Crippen molar-refractivity contribution in [3.8, 4) is 0 Å². The van der Waals surface area contributed by atoms with Crippen molar-refractivity contribution in [2.24, 2.45) is 0 Å². The fourth-order valence-electron chi connectivity index (χ4n) is 3.49. The zero-order valence-corrected chi connectivity index (χ0v) is 14.1. The molecule has 0 spiro atoms.